The standard InChI is InChI=1S/C14H15Cl2N3O2/c1-3-20-11-6-5-9(7-12(11)21-4-2)17-10-8-13(15)18-19-14(10)16/h5-8H,3-4H2,1-2H3,(H,17,18). The van der Waals surface area contributed by atoms with Crippen LogP contribution < -0.4 is 14.8 Å². The van der Waals surface area contributed by atoms with Crippen LogP contribution in [0.3, 0.4) is 0 Å². The van der Waals surface area contributed by atoms with Gasteiger partial charge in [-0.25, -0.2) is 0 Å². The zero-order valence-corrected chi connectivity index (χ0v) is 13.2. The molecule has 0 saturated carbocycles. The summed E-state index contributed by atoms with van der Waals surface area (Å²) in [4.78, 5) is 0. The van der Waals surface area contributed by atoms with Crippen molar-refractivity contribution >= 4 is 34.6 Å². The molecule has 1 N–H and O–H groups in total. The molecule has 0 bridgehead atoms. The Bertz CT molecular complexity index is 623. The predicted octanol–water partition coefficient (Wildman–Crippen LogP) is 4.32. The molecular weight excluding hydrogens is 313 g/mol. The summed E-state index contributed by atoms with van der Waals surface area (Å²) < 4.78 is 11.1. The summed E-state index contributed by atoms with van der Waals surface area (Å²) >= 11 is 11.8. The number of rotatable bonds is 6. The van der Waals surface area contributed by atoms with Crippen molar-refractivity contribution in [3.8, 4) is 11.5 Å². The van der Waals surface area contributed by atoms with Crippen molar-refractivity contribution in [1.82, 2.24) is 10.2 Å². The Balaban J connectivity index is 2.27. The number of anilines is 2. The van der Waals surface area contributed by atoms with E-state index in [1.807, 2.05) is 32.0 Å². The molecule has 0 aliphatic rings. The average Bonchev–Trinajstić information content (AvgIpc) is 2.46. The van der Waals surface area contributed by atoms with Gasteiger partial charge >= 0.3 is 0 Å². The Hall–Kier alpha value is -1.72. The first-order valence-corrected chi connectivity index (χ1v) is 7.25. The average molecular weight is 328 g/mol. The van der Waals surface area contributed by atoms with Crippen molar-refractivity contribution in [2.45, 2.75) is 13.8 Å². The zero-order chi connectivity index (χ0) is 15.2. The second kappa shape index (κ2) is 7.33. The highest BCUT2D eigenvalue weighted by atomic mass is 35.5. The summed E-state index contributed by atoms with van der Waals surface area (Å²) in [6, 6.07) is 7.13. The van der Waals surface area contributed by atoms with Gasteiger partial charge in [0.1, 0.15) is 0 Å². The smallest absolute Gasteiger partial charge is 0.175 e. The van der Waals surface area contributed by atoms with E-state index in [9.17, 15) is 0 Å². The van der Waals surface area contributed by atoms with Crippen LogP contribution in [0.4, 0.5) is 11.4 Å². The Morgan fingerprint density at radius 3 is 2.43 bits per heavy atom. The van der Waals surface area contributed by atoms with Crippen molar-refractivity contribution < 1.29 is 9.47 Å². The Morgan fingerprint density at radius 2 is 1.71 bits per heavy atom. The fourth-order valence-corrected chi connectivity index (χ4v) is 2.01. The zero-order valence-electron chi connectivity index (χ0n) is 11.7. The molecule has 5 nitrogen and oxygen atoms in total. The van der Waals surface area contributed by atoms with Crippen LogP contribution in [0.25, 0.3) is 0 Å². The molecule has 0 amide bonds. The molecule has 1 heterocycles. The maximum absolute atomic E-state index is 5.98. The summed E-state index contributed by atoms with van der Waals surface area (Å²) in [7, 11) is 0. The molecule has 0 radical (unpaired) electrons. The molecule has 112 valence electrons. The first kappa shape index (κ1) is 15.7. The van der Waals surface area contributed by atoms with Crippen molar-refractivity contribution in [1.29, 1.82) is 0 Å². The van der Waals surface area contributed by atoms with Crippen molar-refractivity contribution in [2.24, 2.45) is 0 Å². The molecular formula is C14H15Cl2N3O2. The summed E-state index contributed by atoms with van der Waals surface area (Å²) in [5.74, 6) is 1.36. The number of hydrogen-bond acceptors (Lipinski definition) is 5. The quantitative estimate of drug-likeness (QED) is 0.855. The van der Waals surface area contributed by atoms with E-state index in [4.69, 9.17) is 32.7 Å². The lowest BCUT2D eigenvalue weighted by molar-refractivity contribution is 0.288. The molecule has 2 rings (SSSR count). The van der Waals surface area contributed by atoms with Crippen molar-refractivity contribution in [2.75, 3.05) is 18.5 Å². The van der Waals surface area contributed by atoms with E-state index in [2.05, 4.69) is 15.5 Å². The van der Waals surface area contributed by atoms with E-state index < -0.39 is 0 Å². The molecule has 0 atom stereocenters. The Morgan fingerprint density at radius 1 is 1.00 bits per heavy atom. The fraction of sp³-hybridized carbons (Fsp3) is 0.286. The maximum atomic E-state index is 5.98. The number of halogens is 2. The molecule has 0 saturated heterocycles. The van der Waals surface area contributed by atoms with Gasteiger partial charge in [-0.05, 0) is 26.0 Å². The maximum Gasteiger partial charge on any atom is 0.175 e. The van der Waals surface area contributed by atoms with Crippen LogP contribution in [-0.4, -0.2) is 23.4 Å². The SMILES string of the molecule is CCOc1ccc(Nc2cc(Cl)nnc2Cl)cc1OCC. The third kappa shape index (κ3) is 4.12. The number of nitrogens with zero attached hydrogens (tertiary/aromatic N) is 2. The van der Waals surface area contributed by atoms with Crippen LogP contribution in [0, 0.1) is 0 Å². The Labute approximate surface area is 133 Å². The van der Waals surface area contributed by atoms with E-state index in [-0.39, 0.29) is 10.3 Å². The van der Waals surface area contributed by atoms with Gasteiger partial charge in [-0.3, -0.25) is 0 Å². The molecule has 0 fully saturated rings. The first-order valence-electron chi connectivity index (χ1n) is 6.49. The molecule has 1 aromatic carbocycles. The predicted molar refractivity (Wildman–Crippen MR) is 84.1 cm³/mol. The first-order chi connectivity index (χ1) is 10.1. The summed E-state index contributed by atoms with van der Waals surface area (Å²) in [6.45, 7) is 4.96. The molecule has 0 aliphatic heterocycles. The van der Waals surface area contributed by atoms with Crippen molar-refractivity contribution in [3.05, 3.63) is 34.6 Å². The van der Waals surface area contributed by atoms with Crippen LogP contribution in [0.15, 0.2) is 24.3 Å². The summed E-state index contributed by atoms with van der Waals surface area (Å²) in [5, 5.41) is 11.0. The summed E-state index contributed by atoms with van der Waals surface area (Å²) in [5.41, 5.74) is 1.36. The van der Waals surface area contributed by atoms with E-state index in [1.165, 1.54) is 0 Å². The second-order valence-corrected chi connectivity index (χ2v) is 4.77. The minimum atomic E-state index is 0.242. The van der Waals surface area contributed by atoms with E-state index in [0.29, 0.717) is 30.4 Å². The van der Waals surface area contributed by atoms with Gasteiger partial charge in [-0.1, -0.05) is 23.2 Å². The fourth-order valence-electron chi connectivity index (χ4n) is 1.73. The van der Waals surface area contributed by atoms with E-state index in [1.54, 1.807) is 6.07 Å². The van der Waals surface area contributed by atoms with Crippen LogP contribution >= 0.6 is 23.2 Å². The highest BCUT2D eigenvalue weighted by Crippen LogP contribution is 2.33. The Kier molecular flexibility index (Phi) is 5.47. The lowest BCUT2D eigenvalue weighted by Gasteiger charge is -2.13. The number of ether oxygens (including phenoxy) is 2. The monoisotopic (exact) mass is 327 g/mol. The van der Waals surface area contributed by atoms with Gasteiger partial charge < -0.3 is 14.8 Å². The molecule has 0 spiro atoms. The van der Waals surface area contributed by atoms with Gasteiger partial charge in [0.15, 0.2) is 21.8 Å². The van der Waals surface area contributed by atoms with Crippen LogP contribution in [0.5, 0.6) is 11.5 Å². The van der Waals surface area contributed by atoms with Gasteiger partial charge in [0.25, 0.3) is 0 Å². The molecule has 0 aliphatic carbocycles. The second-order valence-electron chi connectivity index (χ2n) is 4.02. The van der Waals surface area contributed by atoms with Gasteiger partial charge in [-0.2, -0.15) is 0 Å². The lowest BCUT2D eigenvalue weighted by atomic mass is 10.2. The van der Waals surface area contributed by atoms with Gasteiger partial charge in [0.2, 0.25) is 0 Å². The third-order valence-corrected chi connectivity index (χ3v) is 3.01. The molecule has 1 aromatic heterocycles. The van der Waals surface area contributed by atoms with Gasteiger partial charge in [0, 0.05) is 17.8 Å². The normalized spacial score (nSPS) is 10.3. The number of hydrogen-bond donors (Lipinski definition) is 1. The van der Waals surface area contributed by atoms with Crippen LogP contribution in [0.2, 0.25) is 10.3 Å². The topological polar surface area (TPSA) is 56.3 Å². The highest BCUT2D eigenvalue weighted by molar-refractivity contribution is 6.33. The minimum Gasteiger partial charge on any atom is -0.490 e. The molecule has 2 aromatic rings. The van der Waals surface area contributed by atoms with Crippen LogP contribution in [-0.2, 0) is 0 Å². The molecule has 7 heteroatoms. The number of benzene rings is 1. The van der Waals surface area contributed by atoms with Crippen molar-refractivity contribution in [3.63, 3.8) is 0 Å². The molecule has 21 heavy (non-hydrogen) atoms. The third-order valence-electron chi connectivity index (χ3n) is 2.54. The summed E-state index contributed by atoms with van der Waals surface area (Å²) in [6.07, 6.45) is 0. The number of nitrogens with one attached hydrogen (secondary N) is 1. The van der Waals surface area contributed by atoms with E-state index in [0.717, 1.165) is 5.69 Å². The van der Waals surface area contributed by atoms with Gasteiger partial charge in [0.05, 0.1) is 18.9 Å². The van der Waals surface area contributed by atoms with Gasteiger partial charge in [-0.15, -0.1) is 10.2 Å². The van der Waals surface area contributed by atoms with E-state index >= 15 is 0 Å². The lowest BCUT2D eigenvalue weighted by Crippen LogP contribution is -2.00. The number of aromatic nitrogens is 2. The minimum absolute atomic E-state index is 0.242. The van der Waals surface area contributed by atoms with Crippen LogP contribution in [0.1, 0.15) is 13.8 Å². The molecule has 0 unspecified atom stereocenters. The highest BCUT2D eigenvalue weighted by Gasteiger charge is 2.09. The largest absolute Gasteiger partial charge is 0.490 e.